The Labute approximate surface area is 128 Å². The maximum Gasteiger partial charge on any atom is 0.0681 e. The Balaban J connectivity index is 1.56. The minimum absolute atomic E-state index is 0.131. The fraction of sp³-hybridized carbons (Fsp3) is 0.667. The normalized spacial score (nSPS) is 29.7. The van der Waals surface area contributed by atoms with E-state index >= 15 is 0 Å². The zero-order chi connectivity index (χ0) is 14.5. The van der Waals surface area contributed by atoms with Crippen molar-refractivity contribution >= 4 is 0 Å². The van der Waals surface area contributed by atoms with E-state index in [2.05, 4.69) is 22.8 Å². The lowest BCUT2D eigenvalue weighted by Gasteiger charge is -2.36. The maximum absolute atomic E-state index is 9.10. The lowest BCUT2D eigenvalue weighted by Crippen LogP contribution is -2.46. The van der Waals surface area contributed by atoms with Gasteiger partial charge in [0.05, 0.1) is 6.61 Å². The van der Waals surface area contributed by atoms with Crippen molar-refractivity contribution in [2.24, 2.45) is 5.92 Å². The second kappa shape index (κ2) is 7.39. The molecule has 3 N–H and O–H groups in total. The maximum atomic E-state index is 9.10. The highest BCUT2D eigenvalue weighted by Gasteiger charge is 2.32. The van der Waals surface area contributed by atoms with Gasteiger partial charge in [-0.15, -0.1) is 0 Å². The Morgan fingerprint density at radius 3 is 2.48 bits per heavy atom. The summed E-state index contributed by atoms with van der Waals surface area (Å²) in [5.41, 5.74) is 2.31. The van der Waals surface area contributed by atoms with Crippen LogP contribution in [0.5, 0.6) is 0 Å². The van der Waals surface area contributed by atoms with Gasteiger partial charge >= 0.3 is 0 Å². The van der Waals surface area contributed by atoms with Crippen molar-refractivity contribution in [3.8, 4) is 0 Å². The number of aliphatic hydroxyl groups excluding tert-OH is 1. The van der Waals surface area contributed by atoms with Crippen molar-refractivity contribution in [3.63, 3.8) is 0 Å². The van der Waals surface area contributed by atoms with Crippen molar-refractivity contribution in [1.82, 2.24) is 10.6 Å². The average Bonchev–Trinajstić information content (AvgIpc) is 3.08. The zero-order valence-corrected chi connectivity index (χ0v) is 12.9. The highest BCUT2D eigenvalue weighted by Crippen LogP contribution is 2.30. The molecular formula is C18H28N2O. The molecule has 1 aliphatic carbocycles. The topological polar surface area (TPSA) is 44.3 Å². The molecule has 116 valence electrons. The molecule has 1 heterocycles. The van der Waals surface area contributed by atoms with Crippen LogP contribution in [0, 0.1) is 5.92 Å². The number of hydrogen-bond donors (Lipinski definition) is 3. The van der Waals surface area contributed by atoms with Gasteiger partial charge in [-0.25, -0.2) is 0 Å². The van der Waals surface area contributed by atoms with Crippen LogP contribution in [0.2, 0.25) is 0 Å². The largest absolute Gasteiger partial charge is 0.392 e. The van der Waals surface area contributed by atoms with E-state index in [4.69, 9.17) is 5.11 Å². The second-order valence-electron chi connectivity index (χ2n) is 6.61. The Morgan fingerprint density at radius 1 is 1.00 bits per heavy atom. The van der Waals surface area contributed by atoms with E-state index in [1.54, 1.807) is 0 Å². The quantitative estimate of drug-likeness (QED) is 0.780. The molecule has 1 aromatic carbocycles. The molecule has 2 aliphatic rings. The van der Waals surface area contributed by atoms with Gasteiger partial charge in [-0.05, 0) is 49.3 Å². The molecule has 1 saturated carbocycles. The van der Waals surface area contributed by atoms with Gasteiger partial charge in [0.15, 0.2) is 0 Å². The van der Waals surface area contributed by atoms with Crippen LogP contribution < -0.4 is 10.6 Å². The number of aliphatic hydroxyl groups is 1. The van der Waals surface area contributed by atoms with Crippen LogP contribution in [0.4, 0.5) is 0 Å². The van der Waals surface area contributed by atoms with Crippen LogP contribution in [0.15, 0.2) is 24.3 Å². The number of nitrogens with one attached hydrogen (secondary N) is 2. The summed E-state index contributed by atoms with van der Waals surface area (Å²) >= 11 is 0. The number of benzene rings is 1. The van der Waals surface area contributed by atoms with E-state index in [-0.39, 0.29) is 6.61 Å². The molecule has 1 aliphatic heterocycles. The summed E-state index contributed by atoms with van der Waals surface area (Å²) in [5.74, 6) is 0.804. The molecule has 0 radical (unpaired) electrons. The van der Waals surface area contributed by atoms with Crippen LogP contribution in [0.25, 0.3) is 0 Å². The Hall–Kier alpha value is -0.900. The molecule has 3 heteroatoms. The van der Waals surface area contributed by atoms with Gasteiger partial charge in [0.25, 0.3) is 0 Å². The molecule has 0 aromatic heterocycles. The molecule has 2 fully saturated rings. The van der Waals surface area contributed by atoms with Crippen molar-refractivity contribution < 1.29 is 5.11 Å². The fourth-order valence-electron chi connectivity index (χ4n) is 3.98. The van der Waals surface area contributed by atoms with Crippen LogP contribution in [-0.2, 0) is 13.2 Å². The third-order valence-corrected chi connectivity index (χ3v) is 5.21. The van der Waals surface area contributed by atoms with Gasteiger partial charge < -0.3 is 15.7 Å². The first-order valence-electron chi connectivity index (χ1n) is 8.52. The van der Waals surface area contributed by atoms with E-state index in [1.807, 2.05) is 12.1 Å². The van der Waals surface area contributed by atoms with Gasteiger partial charge in [-0.1, -0.05) is 37.1 Å². The summed E-state index contributed by atoms with van der Waals surface area (Å²) in [4.78, 5) is 0. The van der Waals surface area contributed by atoms with Crippen LogP contribution in [-0.4, -0.2) is 23.7 Å². The van der Waals surface area contributed by atoms with Crippen molar-refractivity contribution in [2.45, 2.75) is 63.8 Å². The van der Waals surface area contributed by atoms with E-state index < -0.39 is 0 Å². The monoisotopic (exact) mass is 288 g/mol. The van der Waals surface area contributed by atoms with Gasteiger partial charge in [0.2, 0.25) is 0 Å². The predicted octanol–water partition coefficient (Wildman–Crippen LogP) is 2.58. The summed E-state index contributed by atoms with van der Waals surface area (Å²) in [6.07, 6.45) is 8.15. The minimum atomic E-state index is 0.131. The lowest BCUT2D eigenvalue weighted by atomic mass is 9.79. The Kier molecular flexibility index (Phi) is 5.28. The predicted molar refractivity (Wildman–Crippen MR) is 86.0 cm³/mol. The highest BCUT2D eigenvalue weighted by atomic mass is 16.3. The van der Waals surface area contributed by atoms with Crippen molar-refractivity contribution in [2.75, 3.05) is 6.54 Å². The minimum Gasteiger partial charge on any atom is -0.392 e. The highest BCUT2D eigenvalue weighted by molar-refractivity contribution is 5.21. The molecular weight excluding hydrogens is 260 g/mol. The molecule has 0 amide bonds. The molecule has 3 rings (SSSR count). The van der Waals surface area contributed by atoms with Gasteiger partial charge in [0, 0.05) is 18.6 Å². The van der Waals surface area contributed by atoms with E-state index in [1.165, 1.54) is 50.6 Å². The molecule has 0 bridgehead atoms. The van der Waals surface area contributed by atoms with Crippen LogP contribution in [0.3, 0.4) is 0 Å². The molecule has 0 spiro atoms. The molecule has 3 unspecified atom stereocenters. The molecule has 3 nitrogen and oxygen atoms in total. The summed E-state index contributed by atoms with van der Waals surface area (Å²) in [6.45, 7) is 2.28. The van der Waals surface area contributed by atoms with Gasteiger partial charge in [0.1, 0.15) is 0 Å². The molecule has 1 aromatic rings. The van der Waals surface area contributed by atoms with Crippen molar-refractivity contribution in [1.29, 1.82) is 0 Å². The Morgan fingerprint density at radius 2 is 1.76 bits per heavy atom. The summed E-state index contributed by atoms with van der Waals surface area (Å²) in [5, 5.41) is 16.6. The molecule has 3 atom stereocenters. The van der Waals surface area contributed by atoms with E-state index in [9.17, 15) is 0 Å². The molecule has 1 saturated heterocycles. The average molecular weight is 288 g/mol. The summed E-state index contributed by atoms with van der Waals surface area (Å²) in [7, 11) is 0. The van der Waals surface area contributed by atoms with Gasteiger partial charge in [-0.3, -0.25) is 0 Å². The van der Waals surface area contributed by atoms with Crippen molar-refractivity contribution in [3.05, 3.63) is 35.4 Å². The summed E-state index contributed by atoms with van der Waals surface area (Å²) < 4.78 is 0. The first-order chi connectivity index (χ1) is 10.4. The standard InChI is InChI=1S/C18H28N2O/c21-13-15-9-7-14(8-10-15)12-20-18-5-2-1-4-16(18)17-6-3-11-19-17/h7-10,16-21H,1-6,11-13H2. The van der Waals surface area contributed by atoms with E-state index in [0.29, 0.717) is 6.04 Å². The fourth-order valence-corrected chi connectivity index (χ4v) is 3.98. The van der Waals surface area contributed by atoms with Gasteiger partial charge in [-0.2, -0.15) is 0 Å². The SMILES string of the molecule is OCc1ccc(CNC2CCCCC2C2CCCN2)cc1. The Bertz CT molecular complexity index is 425. The summed E-state index contributed by atoms with van der Waals surface area (Å²) in [6, 6.07) is 9.70. The lowest BCUT2D eigenvalue weighted by molar-refractivity contribution is 0.213. The van der Waals surface area contributed by atoms with Crippen LogP contribution >= 0.6 is 0 Å². The first kappa shape index (κ1) is 15.0. The zero-order valence-electron chi connectivity index (χ0n) is 12.9. The van der Waals surface area contributed by atoms with Crippen LogP contribution in [0.1, 0.15) is 49.7 Å². The smallest absolute Gasteiger partial charge is 0.0681 e. The third kappa shape index (κ3) is 3.85. The van der Waals surface area contributed by atoms with E-state index in [0.717, 1.165) is 24.1 Å². The molecule has 21 heavy (non-hydrogen) atoms. The second-order valence-corrected chi connectivity index (χ2v) is 6.61. The third-order valence-electron chi connectivity index (χ3n) is 5.21. The number of hydrogen-bond acceptors (Lipinski definition) is 3. The number of rotatable bonds is 5. The first-order valence-corrected chi connectivity index (χ1v) is 8.52.